The van der Waals surface area contributed by atoms with Crippen molar-refractivity contribution in [3.05, 3.63) is 104 Å². The van der Waals surface area contributed by atoms with E-state index in [1.165, 1.54) is 6.33 Å². The molecule has 11 heteroatoms. The van der Waals surface area contributed by atoms with Crippen LogP contribution in [0, 0.1) is 28.4 Å². The molecule has 0 amide bonds. The Bertz CT molecular complexity index is 1490. The zero-order chi connectivity index (χ0) is 26.5. The van der Waals surface area contributed by atoms with Gasteiger partial charge in [0.1, 0.15) is 12.1 Å². The van der Waals surface area contributed by atoms with Crippen molar-refractivity contribution < 1.29 is 9.66 Å². The number of methoxy groups -OCH3 is 1. The predicted octanol–water partition coefficient (Wildman–Crippen LogP) is 7.15. The summed E-state index contributed by atoms with van der Waals surface area (Å²) < 4.78 is 5.14. The van der Waals surface area contributed by atoms with Crippen molar-refractivity contribution in [2.45, 2.75) is 12.8 Å². The first-order chi connectivity index (χ1) is 17.8. The van der Waals surface area contributed by atoms with E-state index >= 15 is 0 Å². The van der Waals surface area contributed by atoms with Crippen molar-refractivity contribution in [3.8, 4) is 11.8 Å². The lowest BCUT2D eigenvalue weighted by molar-refractivity contribution is -0.383. The van der Waals surface area contributed by atoms with Gasteiger partial charge in [-0.25, -0.2) is 9.97 Å². The largest absolute Gasteiger partial charge is 0.497 e. The molecule has 0 aliphatic carbocycles. The fourth-order valence-corrected chi connectivity index (χ4v) is 4.11. The van der Waals surface area contributed by atoms with Crippen molar-refractivity contribution in [3.63, 3.8) is 0 Å². The van der Waals surface area contributed by atoms with Gasteiger partial charge in [0.25, 0.3) is 0 Å². The highest BCUT2D eigenvalue weighted by molar-refractivity contribution is 6.32. The Kier molecular flexibility index (Phi) is 7.72. The highest BCUT2D eigenvalue weighted by atomic mass is 35.5. The van der Waals surface area contributed by atoms with Crippen molar-refractivity contribution in [1.82, 2.24) is 9.97 Å². The molecule has 0 spiro atoms. The minimum Gasteiger partial charge on any atom is -0.497 e. The van der Waals surface area contributed by atoms with Crippen LogP contribution >= 0.6 is 23.2 Å². The molecule has 1 heterocycles. The summed E-state index contributed by atoms with van der Waals surface area (Å²) in [5.74, 6) is 0.0274. The van der Waals surface area contributed by atoms with Crippen LogP contribution in [0.1, 0.15) is 22.6 Å². The van der Waals surface area contributed by atoms with Crippen molar-refractivity contribution in [2.75, 3.05) is 17.7 Å². The van der Waals surface area contributed by atoms with Gasteiger partial charge in [0.2, 0.25) is 11.6 Å². The number of benzene rings is 3. The summed E-state index contributed by atoms with van der Waals surface area (Å²) in [4.78, 5) is 19.6. The fraction of sp³-hybridized carbons (Fsp3) is 0.115. The third-order valence-electron chi connectivity index (χ3n) is 5.60. The fourth-order valence-electron chi connectivity index (χ4n) is 3.71. The van der Waals surface area contributed by atoms with Gasteiger partial charge in [-0.3, -0.25) is 10.1 Å². The average Bonchev–Trinajstić information content (AvgIpc) is 2.88. The summed E-state index contributed by atoms with van der Waals surface area (Å²) >= 11 is 12.6. The molecule has 2 N–H and O–H groups in total. The Morgan fingerprint density at radius 2 is 1.68 bits per heavy atom. The number of nitrogens with zero attached hydrogens (tertiary/aromatic N) is 4. The van der Waals surface area contributed by atoms with Gasteiger partial charge in [0.15, 0.2) is 0 Å². The van der Waals surface area contributed by atoms with E-state index in [4.69, 9.17) is 27.9 Å². The second-order valence-electron chi connectivity index (χ2n) is 7.96. The van der Waals surface area contributed by atoms with Crippen molar-refractivity contribution >= 4 is 51.9 Å². The standard InChI is InChI=1S/C26H20Cl2N6O3/c1-15-11-20(21(13-29)16-3-5-17(27)6-4-16)22(28)12-23(15)33-26-24(34(35)36)25(30-14-31-26)32-18-7-9-19(37-2)10-8-18/h3-12,14,21H,1-2H3,(H2,30,31,32,33). The number of aromatic nitrogens is 2. The maximum absolute atomic E-state index is 12.0. The molecule has 0 bridgehead atoms. The number of hydrogen-bond donors (Lipinski definition) is 2. The number of nitrogens with one attached hydrogen (secondary N) is 2. The molecule has 0 aliphatic rings. The van der Waals surface area contributed by atoms with E-state index in [2.05, 4.69) is 26.7 Å². The van der Waals surface area contributed by atoms with E-state index in [-0.39, 0.29) is 17.3 Å². The minimum absolute atomic E-state index is 0.0142. The molecule has 4 rings (SSSR count). The molecule has 186 valence electrons. The molecule has 1 aromatic heterocycles. The van der Waals surface area contributed by atoms with Crippen molar-refractivity contribution in [2.24, 2.45) is 0 Å². The van der Waals surface area contributed by atoms with Crippen LogP contribution in [0.3, 0.4) is 0 Å². The van der Waals surface area contributed by atoms with E-state index in [1.54, 1.807) is 67.8 Å². The highest BCUT2D eigenvalue weighted by Gasteiger charge is 2.25. The van der Waals surface area contributed by atoms with Crippen LogP contribution in [0.25, 0.3) is 0 Å². The molecular weight excluding hydrogens is 515 g/mol. The molecular formula is C26H20Cl2N6O3. The van der Waals surface area contributed by atoms with E-state index in [9.17, 15) is 15.4 Å². The molecule has 37 heavy (non-hydrogen) atoms. The maximum atomic E-state index is 12.0. The first-order valence-corrected chi connectivity index (χ1v) is 11.7. The topological polar surface area (TPSA) is 126 Å². The summed E-state index contributed by atoms with van der Waals surface area (Å²) in [7, 11) is 1.55. The van der Waals surface area contributed by atoms with E-state index in [0.717, 1.165) is 5.56 Å². The van der Waals surface area contributed by atoms with Crippen LogP contribution in [-0.2, 0) is 0 Å². The molecule has 0 saturated heterocycles. The lowest BCUT2D eigenvalue weighted by atomic mass is 9.91. The number of aryl methyl sites for hydroxylation is 1. The SMILES string of the molecule is COc1ccc(Nc2ncnc(Nc3cc(Cl)c(C(C#N)c4ccc(Cl)cc4)cc3C)c2[N+](=O)[O-])cc1. The molecule has 9 nitrogen and oxygen atoms in total. The van der Waals surface area contributed by atoms with Gasteiger partial charge < -0.3 is 15.4 Å². The first-order valence-electron chi connectivity index (χ1n) is 10.9. The van der Waals surface area contributed by atoms with E-state index < -0.39 is 10.8 Å². The molecule has 0 saturated carbocycles. The molecule has 0 aliphatic heterocycles. The Balaban J connectivity index is 1.66. The predicted molar refractivity (Wildman–Crippen MR) is 143 cm³/mol. The normalized spacial score (nSPS) is 11.3. The van der Waals surface area contributed by atoms with Crippen LogP contribution in [0.2, 0.25) is 10.0 Å². The Morgan fingerprint density at radius 1 is 1.03 bits per heavy atom. The van der Waals surface area contributed by atoms with Gasteiger partial charge in [-0.2, -0.15) is 5.26 Å². The molecule has 0 fully saturated rings. The van der Waals surface area contributed by atoms with Crippen LogP contribution in [0.5, 0.6) is 5.75 Å². The zero-order valence-corrected chi connectivity index (χ0v) is 21.2. The Labute approximate surface area is 222 Å². The van der Waals surface area contributed by atoms with Gasteiger partial charge in [-0.05, 0) is 66.1 Å². The van der Waals surface area contributed by atoms with Crippen LogP contribution in [-0.4, -0.2) is 22.0 Å². The zero-order valence-electron chi connectivity index (χ0n) is 19.7. The smallest absolute Gasteiger partial charge is 0.353 e. The number of nitriles is 1. The molecule has 1 atom stereocenters. The Morgan fingerprint density at radius 3 is 2.27 bits per heavy atom. The van der Waals surface area contributed by atoms with Crippen LogP contribution in [0.4, 0.5) is 28.7 Å². The quantitative estimate of drug-likeness (QED) is 0.180. The number of rotatable bonds is 8. The molecule has 3 aromatic carbocycles. The van der Waals surface area contributed by atoms with Gasteiger partial charge in [0, 0.05) is 21.4 Å². The number of anilines is 4. The van der Waals surface area contributed by atoms with E-state index in [0.29, 0.717) is 38.3 Å². The van der Waals surface area contributed by atoms with Gasteiger partial charge in [-0.15, -0.1) is 0 Å². The van der Waals surface area contributed by atoms with Crippen LogP contribution in [0.15, 0.2) is 67.0 Å². The Hall–Kier alpha value is -4.39. The number of ether oxygens (including phenoxy) is 1. The maximum Gasteiger partial charge on any atom is 0.353 e. The van der Waals surface area contributed by atoms with Crippen LogP contribution < -0.4 is 15.4 Å². The minimum atomic E-state index is -0.619. The van der Waals surface area contributed by atoms with Gasteiger partial charge in [-0.1, -0.05) is 41.4 Å². The summed E-state index contributed by atoms with van der Waals surface area (Å²) in [6.07, 6.45) is 1.22. The summed E-state index contributed by atoms with van der Waals surface area (Å²) in [6.45, 7) is 1.81. The number of nitro groups is 1. The summed E-state index contributed by atoms with van der Waals surface area (Å²) in [5.41, 5.74) is 2.81. The number of hydrogen-bond acceptors (Lipinski definition) is 8. The third-order valence-corrected chi connectivity index (χ3v) is 6.18. The molecule has 0 radical (unpaired) electrons. The van der Waals surface area contributed by atoms with Gasteiger partial charge in [0.05, 0.1) is 24.0 Å². The van der Waals surface area contributed by atoms with Crippen molar-refractivity contribution in [1.29, 1.82) is 5.26 Å². The second kappa shape index (κ2) is 11.1. The lowest BCUT2D eigenvalue weighted by Gasteiger charge is -2.17. The van der Waals surface area contributed by atoms with E-state index in [1.807, 2.05) is 6.92 Å². The summed E-state index contributed by atoms with van der Waals surface area (Å²) in [5, 5.41) is 28.7. The highest BCUT2D eigenvalue weighted by Crippen LogP contribution is 2.38. The lowest BCUT2D eigenvalue weighted by Crippen LogP contribution is -2.07. The number of halogens is 2. The third kappa shape index (κ3) is 5.72. The molecule has 4 aromatic rings. The summed E-state index contributed by atoms with van der Waals surface area (Å²) in [6, 6.07) is 19.5. The van der Waals surface area contributed by atoms with Gasteiger partial charge >= 0.3 is 5.69 Å². The average molecular weight is 535 g/mol. The second-order valence-corrected chi connectivity index (χ2v) is 8.80. The first kappa shape index (κ1) is 25.7. The molecule has 1 unspecified atom stereocenters. The monoisotopic (exact) mass is 534 g/mol.